The van der Waals surface area contributed by atoms with E-state index in [1.807, 2.05) is 54.6 Å². The number of benzene rings is 4. The molecule has 6 nitrogen and oxygen atoms in total. The Balaban J connectivity index is 1.27. The summed E-state index contributed by atoms with van der Waals surface area (Å²) in [5.74, 6) is 0.789. The van der Waals surface area contributed by atoms with Crippen LogP contribution in [-0.4, -0.2) is 15.8 Å². The molecule has 0 aliphatic carbocycles. The van der Waals surface area contributed by atoms with Crippen molar-refractivity contribution in [2.24, 2.45) is 0 Å². The minimum atomic E-state index is -0.393. The molecule has 0 unspecified atom stereocenters. The zero-order valence-electron chi connectivity index (χ0n) is 21.6. The number of carbonyl (C=O) groups is 1. The van der Waals surface area contributed by atoms with Crippen molar-refractivity contribution in [3.8, 4) is 11.5 Å². The van der Waals surface area contributed by atoms with Gasteiger partial charge < -0.3 is 14.5 Å². The fraction of sp³-hybridized carbons (Fsp3) is 0.125. The van der Waals surface area contributed by atoms with Gasteiger partial charge in [0.1, 0.15) is 29.4 Å². The van der Waals surface area contributed by atoms with Gasteiger partial charge in [0.25, 0.3) is 5.91 Å². The van der Waals surface area contributed by atoms with Crippen molar-refractivity contribution in [1.82, 2.24) is 15.2 Å². The molecule has 0 aliphatic rings. The van der Waals surface area contributed by atoms with Gasteiger partial charge in [0.2, 0.25) is 5.89 Å². The number of aromatic nitrogens is 1. The predicted molar refractivity (Wildman–Crippen MR) is 146 cm³/mol. The molecule has 0 spiro atoms. The SMILES string of the molecule is O=C(NCc1ccc(F)cc1)c1coc(CN(Cc2ccc(F)cc2)Cc2cccc(Oc3ccccc3)c2)n1. The summed E-state index contributed by atoms with van der Waals surface area (Å²) in [6.07, 6.45) is 1.32. The Kier molecular flexibility index (Phi) is 8.58. The van der Waals surface area contributed by atoms with Crippen molar-refractivity contribution in [2.75, 3.05) is 0 Å². The number of rotatable bonds is 11. The van der Waals surface area contributed by atoms with Crippen molar-refractivity contribution < 1.29 is 22.7 Å². The molecular formula is C32H27F2N3O3. The van der Waals surface area contributed by atoms with Gasteiger partial charge in [0.15, 0.2) is 5.69 Å². The van der Waals surface area contributed by atoms with E-state index in [0.29, 0.717) is 31.3 Å². The molecule has 0 radical (unpaired) electrons. The number of nitrogens with one attached hydrogen (secondary N) is 1. The molecule has 0 fully saturated rings. The van der Waals surface area contributed by atoms with E-state index >= 15 is 0 Å². The largest absolute Gasteiger partial charge is 0.457 e. The molecule has 1 heterocycles. The van der Waals surface area contributed by atoms with Gasteiger partial charge in [-0.2, -0.15) is 0 Å². The smallest absolute Gasteiger partial charge is 0.273 e. The van der Waals surface area contributed by atoms with E-state index in [1.165, 1.54) is 30.5 Å². The van der Waals surface area contributed by atoms with E-state index in [-0.39, 0.29) is 23.9 Å². The van der Waals surface area contributed by atoms with Crippen LogP contribution in [0.2, 0.25) is 0 Å². The van der Waals surface area contributed by atoms with Crippen LogP contribution in [-0.2, 0) is 26.2 Å². The highest BCUT2D eigenvalue weighted by Gasteiger charge is 2.16. The van der Waals surface area contributed by atoms with Crippen LogP contribution in [0.5, 0.6) is 11.5 Å². The average molecular weight is 540 g/mol. The third kappa shape index (κ3) is 7.61. The molecule has 0 saturated heterocycles. The van der Waals surface area contributed by atoms with Crippen LogP contribution in [0.4, 0.5) is 8.78 Å². The molecule has 4 aromatic carbocycles. The maximum Gasteiger partial charge on any atom is 0.273 e. The molecule has 1 aromatic heterocycles. The Labute approximate surface area is 230 Å². The minimum absolute atomic E-state index is 0.150. The maximum atomic E-state index is 13.5. The third-order valence-corrected chi connectivity index (χ3v) is 6.11. The molecule has 5 aromatic rings. The lowest BCUT2D eigenvalue weighted by Crippen LogP contribution is -2.24. The minimum Gasteiger partial charge on any atom is -0.457 e. The highest BCUT2D eigenvalue weighted by Crippen LogP contribution is 2.23. The number of amides is 1. The first kappa shape index (κ1) is 26.8. The lowest BCUT2D eigenvalue weighted by molar-refractivity contribution is 0.0945. The number of nitrogens with zero attached hydrogens (tertiary/aromatic N) is 2. The number of hydrogen-bond donors (Lipinski definition) is 1. The van der Waals surface area contributed by atoms with E-state index in [4.69, 9.17) is 9.15 Å². The van der Waals surface area contributed by atoms with Crippen LogP contribution in [0.25, 0.3) is 0 Å². The number of para-hydroxylation sites is 1. The summed E-state index contributed by atoms with van der Waals surface area (Å²) in [6.45, 7) is 1.57. The fourth-order valence-electron chi connectivity index (χ4n) is 4.16. The molecule has 0 bridgehead atoms. The molecular weight excluding hydrogens is 512 g/mol. The van der Waals surface area contributed by atoms with Crippen molar-refractivity contribution in [1.29, 1.82) is 0 Å². The van der Waals surface area contributed by atoms with Crippen molar-refractivity contribution in [2.45, 2.75) is 26.2 Å². The second kappa shape index (κ2) is 12.8. The van der Waals surface area contributed by atoms with E-state index in [2.05, 4.69) is 15.2 Å². The van der Waals surface area contributed by atoms with Crippen LogP contribution >= 0.6 is 0 Å². The lowest BCUT2D eigenvalue weighted by Gasteiger charge is -2.21. The number of hydrogen-bond acceptors (Lipinski definition) is 5. The van der Waals surface area contributed by atoms with Gasteiger partial charge in [0.05, 0.1) is 6.54 Å². The van der Waals surface area contributed by atoms with Gasteiger partial charge in [-0.25, -0.2) is 13.8 Å². The summed E-state index contributed by atoms with van der Waals surface area (Å²) in [6, 6.07) is 29.6. The first-order valence-corrected chi connectivity index (χ1v) is 12.8. The number of halogens is 2. The Morgan fingerprint density at radius 1 is 0.750 bits per heavy atom. The van der Waals surface area contributed by atoms with Gasteiger partial charge in [-0.1, -0.05) is 54.6 Å². The molecule has 1 amide bonds. The average Bonchev–Trinajstić information content (AvgIpc) is 3.43. The Bertz CT molecular complexity index is 1540. The Morgan fingerprint density at radius 3 is 2.12 bits per heavy atom. The first-order valence-electron chi connectivity index (χ1n) is 12.8. The van der Waals surface area contributed by atoms with Crippen molar-refractivity contribution in [3.63, 3.8) is 0 Å². The van der Waals surface area contributed by atoms with Gasteiger partial charge in [-0.3, -0.25) is 9.69 Å². The quantitative estimate of drug-likeness (QED) is 0.198. The zero-order valence-corrected chi connectivity index (χ0v) is 21.6. The second-order valence-corrected chi connectivity index (χ2v) is 9.27. The lowest BCUT2D eigenvalue weighted by atomic mass is 10.1. The van der Waals surface area contributed by atoms with Crippen LogP contribution in [0, 0.1) is 11.6 Å². The summed E-state index contributed by atoms with van der Waals surface area (Å²) in [7, 11) is 0. The predicted octanol–water partition coefficient (Wildman–Crippen LogP) is 6.88. The van der Waals surface area contributed by atoms with Crippen LogP contribution in [0.3, 0.4) is 0 Å². The standard InChI is InChI=1S/C32H27F2N3O3/c33-26-13-9-23(10-14-26)18-35-32(38)30-22-39-31(36-30)21-37(19-24-11-15-27(34)16-12-24)20-25-5-4-8-29(17-25)40-28-6-2-1-3-7-28/h1-17,22H,18-21H2,(H,35,38). The molecule has 0 atom stereocenters. The summed E-state index contributed by atoms with van der Waals surface area (Å²) in [4.78, 5) is 19.1. The summed E-state index contributed by atoms with van der Waals surface area (Å²) in [5.41, 5.74) is 2.83. The van der Waals surface area contributed by atoms with E-state index < -0.39 is 5.91 Å². The van der Waals surface area contributed by atoms with E-state index in [1.54, 1.807) is 24.3 Å². The summed E-state index contributed by atoms with van der Waals surface area (Å²) in [5, 5.41) is 2.77. The van der Waals surface area contributed by atoms with Crippen LogP contribution < -0.4 is 10.1 Å². The van der Waals surface area contributed by atoms with E-state index in [0.717, 1.165) is 22.4 Å². The van der Waals surface area contributed by atoms with Gasteiger partial charge in [0, 0.05) is 19.6 Å². The molecule has 0 saturated carbocycles. The number of carbonyl (C=O) groups excluding carboxylic acids is 1. The van der Waals surface area contributed by atoms with Crippen molar-refractivity contribution in [3.05, 3.63) is 149 Å². The molecule has 40 heavy (non-hydrogen) atoms. The summed E-state index contributed by atoms with van der Waals surface area (Å²) < 4.78 is 38.2. The zero-order chi connectivity index (χ0) is 27.7. The fourth-order valence-corrected chi connectivity index (χ4v) is 4.16. The highest BCUT2D eigenvalue weighted by atomic mass is 19.1. The summed E-state index contributed by atoms with van der Waals surface area (Å²) >= 11 is 0. The molecule has 8 heteroatoms. The number of oxazole rings is 1. The second-order valence-electron chi connectivity index (χ2n) is 9.27. The number of ether oxygens (including phenoxy) is 1. The van der Waals surface area contributed by atoms with Gasteiger partial charge in [-0.05, 0) is 65.2 Å². The van der Waals surface area contributed by atoms with Gasteiger partial charge in [-0.15, -0.1) is 0 Å². The third-order valence-electron chi connectivity index (χ3n) is 6.11. The highest BCUT2D eigenvalue weighted by molar-refractivity contribution is 5.91. The van der Waals surface area contributed by atoms with Crippen LogP contribution in [0.15, 0.2) is 114 Å². The van der Waals surface area contributed by atoms with E-state index in [9.17, 15) is 13.6 Å². The van der Waals surface area contributed by atoms with Crippen molar-refractivity contribution >= 4 is 5.91 Å². The maximum absolute atomic E-state index is 13.5. The molecule has 202 valence electrons. The monoisotopic (exact) mass is 539 g/mol. The van der Waals surface area contributed by atoms with Crippen LogP contribution in [0.1, 0.15) is 33.1 Å². The topological polar surface area (TPSA) is 67.6 Å². The molecule has 5 rings (SSSR count). The molecule has 1 N–H and O–H groups in total. The van der Waals surface area contributed by atoms with Gasteiger partial charge >= 0.3 is 0 Å². The Hall–Kier alpha value is -4.82. The first-order chi connectivity index (χ1) is 19.5. The molecule has 0 aliphatic heterocycles. The normalized spacial score (nSPS) is 11.0. The Morgan fingerprint density at radius 2 is 1.40 bits per heavy atom.